The monoisotopic (exact) mass is 390 g/mol. The van der Waals surface area contributed by atoms with E-state index in [0.29, 0.717) is 39.7 Å². The van der Waals surface area contributed by atoms with E-state index in [9.17, 15) is 4.79 Å². The second-order valence-corrected chi connectivity index (χ2v) is 7.00. The Hall–Kier alpha value is -3.47. The molecule has 0 saturated carbocycles. The molecule has 4 rings (SSSR count). The van der Waals surface area contributed by atoms with Crippen molar-refractivity contribution >= 4 is 16.8 Å². The molecule has 0 amide bonds. The lowest BCUT2D eigenvalue weighted by Gasteiger charge is -2.11. The number of aryl methyl sites for hydroxylation is 2. The summed E-state index contributed by atoms with van der Waals surface area (Å²) in [6.07, 6.45) is 1.56. The fourth-order valence-electron chi connectivity index (χ4n) is 3.62. The van der Waals surface area contributed by atoms with Crippen molar-refractivity contribution in [2.75, 3.05) is 14.2 Å². The van der Waals surface area contributed by atoms with Gasteiger partial charge < -0.3 is 18.3 Å². The molecule has 0 radical (unpaired) electrons. The van der Waals surface area contributed by atoms with Gasteiger partial charge in [-0.2, -0.15) is 0 Å². The SMILES string of the molecule is COc1cc(C(=O)c2c(-c3ccco3)oc3c(C)c(OC)ccc23)cc(C)c1C. The van der Waals surface area contributed by atoms with E-state index in [1.54, 1.807) is 38.7 Å². The normalized spacial score (nSPS) is 11.1. The minimum absolute atomic E-state index is 0.152. The quantitative estimate of drug-likeness (QED) is 0.399. The van der Waals surface area contributed by atoms with Crippen LogP contribution in [0.1, 0.15) is 32.6 Å². The van der Waals surface area contributed by atoms with Gasteiger partial charge in [-0.3, -0.25) is 4.79 Å². The van der Waals surface area contributed by atoms with Crippen molar-refractivity contribution in [3.8, 4) is 23.0 Å². The van der Waals surface area contributed by atoms with Crippen molar-refractivity contribution in [1.29, 1.82) is 0 Å². The Labute approximate surface area is 168 Å². The Bertz CT molecular complexity index is 1210. The number of carbonyl (C=O) groups excluding carboxylic acids is 1. The van der Waals surface area contributed by atoms with Gasteiger partial charge in [0, 0.05) is 16.5 Å². The first-order chi connectivity index (χ1) is 14.0. The Morgan fingerprint density at radius 3 is 2.34 bits per heavy atom. The molecule has 0 aliphatic heterocycles. The number of ketones is 1. The van der Waals surface area contributed by atoms with E-state index >= 15 is 0 Å². The molecule has 0 saturated heterocycles. The molecule has 29 heavy (non-hydrogen) atoms. The first kappa shape index (κ1) is 18.9. The van der Waals surface area contributed by atoms with Crippen molar-refractivity contribution in [1.82, 2.24) is 0 Å². The lowest BCUT2D eigenvalue weighted by atomic mass is 9.95. The van der Waals surface area contributed by atoms with Crippen LogP contribution in [0.5, 0.6) is 11.5 Å². The third-order valence-electron chi connectivity index (χ3n) is 5.35. The molecular formula is C24H22O5. The second kappa shape index (κ2) is 7.17. The molecule has 0 aliphatic carbocycles. The maximum atomic E-state index is 13.6. The van der Waals surface area contributed by atoms with Gasteiger partial charge in [0.2, 0.25) is 0 Å². The van der Waals surface area contributed by atoms with Gasteiger partial charge in [-0.15, -0.1) is 0 Å². The van der Waals surface area contributed by atoms with E-state index in [4.69, 9.17) is 18.3 Å². The maximum absolute atomic E-state index is 13.6. The van der Waals surface area contributed by atoms with Gasteiger partial charge in [-0.1, -0.05) is 0 Å². The van der Waals surface area contributed by atoms with Crippen molar-refractivity contribution in [3.63, 3.8) is 0 Å². The lowest BCUT2D eigenvalue weighted by Crippen LogP contribution is -2.04. The Kier molecular flexibility index (Phi) is 4.66. The van der Waals surface area contributed by atoms with Gasteiger partial charge in [0.15, 0.2) is 17.3 Å². The van der Waals surface area contributed by atoms with E-state index in [1.807, 2.05) is 39.0 Å². The summed E-state index contributed by atoms with van der Waals surface area (Å²) in [6, 6.07) is 10.9. The summed E-state index contributed by atoms with van der Waals surface area (Å²) in [5.74, 6) is 2.13. The van der Waals surface area contributed by atoms with Gasteiger partial charge in [0.05, 0.1) is 26.0 Å². The molecule has 2 aromatic heterocycles. The number of methoxy groups -OCH3 is 2. The van der Waals surface area contributed by atoms with E-state index in [0.717, 1.165) is 22.1 Å². The smallest absolute Gasteiger partial charge is 0.197 e. The Morgan fingerprint density at radius 2 is 1.69 bits per heavy atom. The minimum Gasteiger partial charge on any atom is -0.496 e. The molecule has 0 bridgehead atoms. The zero-order chi connectivity index (χ0) is 20.7. The zero-order valence-electron chi connectivity index (χ0n) is 17.1. The molecule has 0 aliphatic rings. The fourth-order valence-corrected chi connectivity index (χ4v) is 3.62. The average molecular weight is 390 g/mol. The number of ether oxygens (including phenoxy) is 2. The highest BCUT2D eigenvalue weighted by molar-refractivity contribution is 6.20. The standard InChI is InChI=1S/C24H22O5/c1-13-11-16(12-20(27-5)14(13)2)22(25)21-17-8-9-18(26-4)15(3)23(17)29-24(21)19-7-6-10-28-19/h6-12H,1-5H3. The van der Waals surface area contributed by atoms with E-state index in [1.165, 1.54) is 0 Å². The number of furan rings is 2. The van der Waals surface area contributed by atoms with E-state index < -0.39 is 0 Å². The van der Waals surface area contributed by atoms with Crippen LogP contribution in [-0.2, 0) is 0 Å². The van der Waals surface area contributed by atoms with Gasteiger partial charge in [0.1, 0.15) is 17.1 Å². The highest BCUT2D eigenvalue weighted by atomic mass is 16.5. The highest BCUT2D eigenvalue weighted by Crippen LogP contribution is 2.39. The molecule has 4 aromatic rings. The molecule has 0 spiro atoms. The van der Waals surface area contributed by atoms with Crippen LogP contribution >= 0.6 is 0 Å². The average Bonchev–Trinajstić information content (AvgIpc) is 3.37. The number of hydrogen-bond acceptors (Lipinski definition) is 5. The van der Waals surface area contributed by atoms with Crippen LogP contribution in [0.2, 0.25) is 0 Å². The summed E-state index contributed by atoms with van der Waals surface area (Å²) in [5.41, 5.74) is 4.43. The molecule has 0 N–H and O–H groups in total. The third kappa shape index (κ3) is 2.99. The van der Waals surface area contributed by atoms with Crippen molar-refractivity contribution in [2.45, 2.75) is 20.8 Å². The predicted molar refractivity (Wildman–Crippen MR) is 111 cm³/mol. The Morgan fingerprint density at radius 1 is 0.931 bits per heavy atom. The van der Waals surface area contributed by atoms with Crippen molar-refractivity contribution in [2.24, 2.45) is 0 Å². The van der Waals surface area contributed by atoms with Crippen molar-refractivity contribution < 1.29 is 23.1 Å². The van der Waals surface area contributed by atoms with Crippen LogP contribution in [0.15, 0.2) is 51.5 Å². The van der Waals surface area contributed by atoms with Crippen LogP contribution in [-0.4, -0.2) is 20.0 Å². The third-order valence-corrected chi connectivity index (χ3v) is 5.35. The summed E-state index contributed by atoms with van der Waals surface area (Å²) in [6.45, 7) is 5.84. The van der Waals surface area contributed by atoms with Crippen molar-refractivity contribution in [3.05, 3.63) is 70.5 Å². The number of hydrogen-bond donors (Lipinski definition) is 0. The Balaban J connectivity index is 2.00. The first-order valence-electron chi connectivity index (χ1n) is 9.30. The van der Waals surface area contributed by atoms with Crippen LogP contribution in [0.3, 0.4) is 0 Å². The largest absolute Gasteiger partial charge is 0.496 e. The van der Waals surface area contributed by atoms with Crippen LogP contribution in [0, 0.1) is 20.8 Å². The molecule has 5 nitrogen and oxygen atoms in total. The number of benzene rings is 2. The van der Waals surface area contributed by atoms with Gasteiger partial charge in [-0.05, 0) is 68.3 Å². The first-order valence-corrected chi connectivity index (χ1v) is 9.30. The summed E-state index contributed by atoms with van der Waals surface area (Å²) >= 11 is 0. The van der Waals surface area contributed by atoms with Gasteiger partial charge in [0.25, 0.3) is 0 Å². The van der Waals surface area contributed by atoms with Crippen LogP contribution < -0.4 is 9.47 Å². The molecule has 0 unspecified atom stereocenters. The van der Waals surface area contributed by atoms with Gasteiger partial charge >= 0.3 is 0 Å². The van der Waals surface area contributed by atoms with Crippen LogP contribution in [0.25, 0.3) is 22.5 Å². The number of fused-ring (bicyclic) bond motifs is 1. The van der Waals surface area contributed by atoms with E-state index in [2.05, 4.69) is 0 Å². The summed E-state index contributed by atoms with van der Waals surface area (Å²) in [5, 5.41) is 0.719. The fraction of sp³-hybridized carbons (Fsp3) is 0.208. The molecular weight excluding hydrogens is 368 g/mol. The minimum atomic E-state index is -0.152. The summed E-state index contributed by atoms with van der Waals surface area (Å²) in [4.78, 5) is 13.6. The summed E-state index contributed by atoms with van der Waals surface area (Å²) in [7, 11) is 3.21. The van der Waals surface area contributed by atoms with Gasteiger partial charge in [-0.25, -0.2) is 0 Å². The molecule has 148 valence electrons. The number of carbonyl (C=O) groups is 1. The molecule has 0 atom stereocenters. The molecule has 2 aromatic carbocycles. The molecule has 5 heteroatoms. The lowest BCUT2D eigenvalue weighted by molar-refractivity contribution is 0.103. The van der Waals surface area contributed by atoms with Crippen LogP contribution in [0.4, 0.5) is 0 Å². The molecule has 2 heterocycles. The molecule has 0 fully saturated rings. The second-order valence-electron chi connectivity index (χ2n) is 7.00. The summed E-state index contributed by atoms with van der Waals surface area (Å²) < 4.78 is 22.6. The topological polar surface area (TPSA) is 61.8 Å². The zero-order valence-corrected chi connectivity index (χ0v) is 17.1. The predicted octanol–water partition coefficient (Wildman–Crippen LogP) is 5.87. The highest BCUT2D eigenvalue weighted by Gasteiger charge is 2.27. The maximum Gasteiger partial charge on any atom is 0.197 e. The van der Waals surface area contributed by atoms with E-state index in [-0.39, 0.29) is 5.78 Å². The number of rotatable bonds is 5.